The molecule has 0 aromatic rings. The van der Waals surface area contributed by atoms with Crippen molar-refractivity contribution in [3.63, 3.8) is 0 Å². The van der Waals surface area contributed by atoms with Crippen molar-refractivity contribution in [2.45, 2.75) is 58.5 Å². The topological polar surface area (TPSA) is 52.6 Å². The Morgan fingerprint density at radius 1 is 1.53 bits per heavy atom. The van der Waals surface area contributed by atoms with E-state index in [9.17, 15) is 9.59 Å². The highest BCUT2D eigenvalue weighted by Gasteiger charge is 2.53. The third-order valence-electron chi connectivity index (χ3n) is 4.05. The normalized spacial score (nSPS) is 29.5. The van der Waals surface area contributed by atoms with Gasteiger partial charge in [-0.25, -0.2) is 0 Å². The van der Waals surface area contributed by atoms with E-state index in [0.717, 1.165) is 37.7 Å². The van der Waals surface area contributed by atoms with Gasteiger partial charge in [-0.3, -0.25) is 9.59 Å². The molecular weight excluding hydrogens is 244 g/mol. The first-order valence-electron chi connectivity index (χ1n) is 7.21. The van der Waals surface area contributed by atoms with E-state index in [2.05, 4.69) is 13.0 Å². The van der Waals surface area contributed by atoms with Gasteiger partial charge in [-0.2, -0.15) is 0 Å². The SMILES string of the molecule is CCC[C@]12CCCC=C1C(CC(=O)OCC)OC2=O. The van der Waals surface area contributed by atoms with Crippen LogP contribution in [0.4, 0.5) is 0 Å². The highest BCUT2D eigenvalue weighted by Crippen LogP contribution is 2.50. The summed E-state index contributed by atoms with van der Waals surface area (Å²) in [5, 5.41) is 0. The molecule has 2 rings (SSSR count). The second-order valence-electron chi connectivity index (χ2n) is 5.29. The van der Waals surface area contributed by atoms with Crippen LogP contribution in [0.25, 0.3) is 0 Å². The van der Waals surface area contributed by atoms with Gasteiger partial charge in [-0.1, -0.05) is 19.4 Å². The second-order valence-corrected chi connectivity index (χ2v) is 5.29. The van der Waals surface area contributed by atoms with E-state index >= 15 is 0 Å². The second kappa shape index (κ2) is 5.76. The standard InChI is InChI=1S/C15H22O4/c1-3-8-15-9-6-5-7-11(15)12(19-14(15)17)10-13(16)18-4-2/h7,12H,3-6,8-10H2,1-2H3/t12?,15-/m0/s1. The number of esters is 2. The van der Waals surface area contributed by atoms with Crippen molar-refractivity contribution < 1.29 is 19.1 Å². The average Bonchev–Trinajstić information content (AvgIpc) is 2.64. The van der Waals surface area contributed by atoms with Crippen LogP contribution >= 0.6 is 0 Å². The molecule has 2 atom stereocenters. The van der Waals surface area contributed by atoms with Crippen molar-refractivity contribution in [3.05, 3.63) is 11.6 Å². The molecule has 106 valence electrons. The molecule has 0 N–H and O–H groups in total. The molecule has 1 unspecified atom stereocenters. The average molecular weight is 266 g/mol. The molecular formula is C15H22O4. The molecule has 0 spiro atoms. The van der Waals surface area contributed by atoms with Crippen molar-refractivity contribution in [1.29, 1.82) is 0 Å². The summed E-state index contributed by atoms with van der Waals surface area (Å²) in [5.41, 5.74) is 0.572. The fourth-order valence-corrected chi connectivity index (χ4v) is 3.29. The first-order valence-corrected chi connectivity index (χ1v) is 7.21. The smallest absolute Gasteiger partial charge is 0.316 e. The minimum Gasteiger partial charge on any atom is -0.466 e. The molecule has 1 fully saturated rings. The maximum Gasteiger partial charge on any atom is 0.316 e. The Bertz CT molecular complexity index is 399. The fraction of sp³-hybridized carbons (Fsp3) is 0.733. The summed E-state index contributed by atoms with van der Waals surface area (Å²) >= 11 is 0. The molecule has 19 heavy (non-hydrogen) atoms. The van der Waals surface area contributed by atoms with Crippen LogP contribution in [0.2, 0.25) is 0 Å². The Balaban J connectivity index is 2.18. The number of carbonyl (C=O) groups excluding carboxylic acids is 2. The summed E-state index contributed by atoms with van der Waals surface area (Å²) in [7, 11) is 0. The molecule has 4 nitrogen and oxygen atoms in total. The Kier molecular flexibility index (Phi) is 4.27. The van der Waals surface area contributed by atoms with Crippen LogP contribution < -0.4 is 0 Å². The summed E-state index contributed by atoms with van der Waals surface area (Å²) in [6, 6.07) is 0. The van der Waals surface area contributed by atoms with Gasteiger partial charge in [0, 0.05) is 0 Å². The molecule has 0 saturated carbocycles. The molecule has 0 aromatic heterocycles. The van der Waals surface area contributed by atoms with Gasteiger partial charge in [0.15, 0.2) is 0 Å². The van der Waals surface area contributed by atoms with E-state index in [1.165, 1.54) is 0 Å². The summed E-state index contributed by atoms with van der Waals surface area (Å²) in [6.07, 6.45) is 6.45. The first kappa shape index (κ1) is 14.1. The molecule has 0 aromatic carbocycles. The summed E-state index contributed by atoms with van der Waals surface area (Å²) in [6.45, 7) is 4.21. The zero-order valence-electron chi connectivity index (χ0n) is 11.7. The first-order chi connectivity index (χ1) is 9.14. The molecule has 1 saturated heterocycles. The molecule has 1 aliphatic heterocycles. The van der Waals surface area contributed by atoms with E-state index in [-0.39, 0.29) is 18.4 Å². The molecule has 2 aliphatic rings. The molecule has 1 aliphatic carbocycles. The number of rotatable bonds is 5. The lowest BCUT2D eigenvalue weighted by atomic mass is 9.69. The Morgan fingerprint density at radius 3 is 3.00 bits per heavy atom. The van der Waals surface area contributed by atoms with Crippen LogP contribution in [0.1, 0.15) is 52.4 Å². The number of fused-ring (bicyclic) bond motifs is 1. The third kappa shape index (κ3) is 2.53. The van der Waals surface area contributed by atoms with Gasteiger partial charge in [0.05, 0.1) is 18.4 Å². The lowest BCUT2D eigenvalue weighted by Gasteiger charge is -2.30. The van der Waals surface area contributed by atoms with E-state index < -0.39 is 11.5 Å². The van der Waals surface area contributed by atoms with Crippen molar-refractivity contribution in [3.8, 4) is 0 Å². The van der Waals surface area contributed by atoms with Gasteiger partial charge < -0.3 is 9.47 Å². The highest BCUT2D eigenvalue weighted by molar-refractivity contribution is 5.86. The number of allylic oxidation sites excluding steroid dienone is 1. The van der Waals surface area contributed by atoms with E-state index in [4.69, 9.17) is 9.47 Å². The van der Waals surface area contributed by atoms with Gasteiger partial charge >= 0.3 is 11.9 Å². The zero-order chi connectivity index (χ0) is 13.9. The van der Waals surface area contributed by atoms with Crippen LogP contribution in [0.5, 0.6) is 0 Å². The van der Waals surface area contributed by atoms with E-state index in [1.54, 1.807) is 6.92 Å². The molecule has 0 amide bonds. The summed E-state index contributed by atoms with van der Waals surface area (Å²) in [4.78, 5) is 23.9. The maximum atomic E-state index is 12.3. The van der Waals surface area contributed by atoms with Gasteiger partial charge in [-0.05, 0) is 38.2 Å². The minimum absolute atomic E-state index is 0.144. The van der Waals surface area contributed by atoms with Gasteiger partial charge in [0.25, 0.3) is 0 Å². The van der Waals surface area contributed by atoms with Gasteiger partial charge in [0.2, 0.25) is 0 Å². The summed E-state index contributed by atoms with van der Waals surface area (Å²) in [5.74, 6) is -0.436. The molecule has 4 heteroatoms. The number of hydrogen-bond donors (Lipinski definition) is 0. The summed E-state index contributed by atoms with van der Waals surface area (Å²) < 4.78 is 10.4. The van der Waals surface area contributed by atoms with Crippen LogP contribution in [0.15, 0.2) is 11.6 Å². The minimum atomic E-state index is -0.454. The quantitative estimate of drug-likeness (QED) is 0.567. The van der Waals surface area contributed by atoms with Crippen molar-refractivity contribution in [2.24, 2.45) is 5.41 Å². The van der Waals surface area contributed by atoms with Crippen molar-refractivity contribution in [2.75, 3.05) is 6.61 Å². The van der Waals surface area contributed by atoms with E-state index in [1.807, 2.05) is 0 Å². The van der Waals surface area contributed by atoms with Crippen LogP contribution in [-0.2, 0) is 19.1 Å². The van der Waals surface area contributed by atoms with Gasteiger partial charge in [0.1, 0.15) is 6.10 Å². The highest BCUT2D eigenvalue weighted by atomic mass is 16.6. The van der Waals surface area contributed by atoms with E-state index in [0.29, 0.717) is 6.61 Å². The number of carbonyl (C=O) groups is 2. The van der Waals surface area contributed by atoms with Gasteiger partial charge in [-0.15, -0.1) is 0 Å². The number of cyclic esters (lactones) is 1. The molecule has 0 bridgehead atoms. The maximum absolute atomic E-state index is 12.3. The number of ether oxygens (including phenoxy) is 2. The predicted octanol–water partition coefficient (Wildman–Crippen LogP) is 2.76. The monoisotopic (exact) mass is 266 g/mol. The fourth-order valence-electron chi connectivity index (χ4n) is 3.29. The zero-order valence-corrected chi connectivity index (χ0v) is 11.7. The van der Waals surface area contributed by atoms with Crippen LogP contribution in [0.3, 0.4) is 0 Å². The third-order valence-corrected chi connectivity index (χ3v) is 4.05. The molecule has 0 radical (unpaired) electrons. The lowest BCUT2D eigenvalue weighted by molar-refractivity contribution is -0.152. The largest absolute Gasteiger partial charge is 0.466 e. The van der Waals surface area contributed by atoms with Crippen LogP contribution in [0, 0.1) is 5.41 Å². The Labute approximate surface area is 114 Å². The molecule has 1 heterocycles. The Hall–Kier alpha value is -1.32. The number of hydrogen-bond acceptors (Lipinski definition) is 4. The lowest BCUT2D eigenvalue weighted by Crippen LogP contribution is -2.30. The predicted molar refractivity (Wildman–Crippen MR) is 70.4 cm³/mol. The Morgan fingerprint density at radius 2 is 2.32 bits per heavy atom. The van der Waals surface area contributed by atoms with Crippen molar-refractivity contribution >= 4 is 11.9 Å². The van der Waals surface area contributed by atoms with Crippen molar-refractivity contribution in [1.82, 2.24) is 0 Å². The van der Waals surface area contributed by atoms with Crippen LogP contribution in [-0.4, -0.2) is 24.6 Å².